The summed E-state index contributed by atoms with van der Waals surface area (Å²) in [5.41, 5.74) is -1.23. The Morgan fingerprint density at radius 1 is 1.46 bits per heavy atom. The van der Waals surface area contributed by atoms with Crippen LogP contribution in [0.15, 0.2) is 24.8 Å². The Balaban J connectivity index is 1.77. The number of anilines is 1. The molecule has 28 heavy (non-hydrogen) atoms. The molecule has 2 N–H and O–H groups in total. The van der Waals surface area contributed by atoms with Gasteiger partial charge in [-0.15, -0.1) is 6.58 Å². The standard InChI is InChI=1S/C18H20F3N3O4/c1-3-6-28-9-17-7-11(24(16(26)27)13(17)8-17)15(25)23-14-10(2)4-5-12(22-14)18(19,20)21/h3-5,11,13H,1,6-9H2,2H3,(H,26,27)(H,22,23,25)/t11-,13+,17-/m0/s1. The van der Waals surface area contributed by atoms with Crippen LogP contribution in [0.3, 0.4) is 0 Å². The van der Waals surface area contributed by atoms with Crippen molar-refractivity contribution >= 4 is 17.8 Å². The molecule has 0 unspecified atom stereocenters. The van der Waals surface area contributed by atoms with E-state index in [9.17, 15) is 27.9 Å². The number of carboxylic acid groups (broad SMARTS) is 1. The van der Waals surface area contributed by atoms with Crippen molar-refractivity contribution in [2.75, 3.05) is 18.5 Å². The fourth-order valence-electron chi connectivity index (χ4n) is 3.70. The molecule has 2 aliphatic rings. The Kier molecular flexibility index (Phi) is 5.09. The van der Waals surface area contributed by atoms with Gasteiger partial charge in [-0.2, -0.15) is 13.2 Å². The predicted octanol–water partition coefficient (Wildman–Crippen LogP) is 3.06. The lowest BCUT2D eigenvalue weighted by atomic mass is 10.00. The fraction of sp³-hybridized carbons (Fsp3) is 0.500. The van der Waals surface area contributed by atoms with Crippen molar-refractivity contribution in [2.45, 2.75) is 38.0 Å². The van der Waals surface area contributed by atoms with Gasteiger partial charge in [-0.05, 0) is 31.4 Å². The highest BCUT2D eigenvalue weighted by Gasteiger charge is 2.67. The van der Waals surface area contributed by atoms with Crippen LogP contribution in [0.1, 0.15) is 24.1 Å². The van der Waals surface area contributed by atoms with Gasteiger partial charge in [-0.3, -0.25) is 9.69 Å². The molecule has 0 spiro atoms. The van der Waals surface area contributed by atoms with Gasteiger partial charge in [-0.1, -0.05) is 12.1 Å². The van der Waals surface area contributed by atoms with Crippen LogP contribution >= 0.6 is 0 Å². The molecule has 3 atom stereocenters. The number of hydrogen-bond donors (Lipinski definition) is 2. The number of alkyl halides is 3. The zero-order valence-electron chi connectivity index (χ0n) is 15.1. The number of aromatic nitrogens is 1. The molecule has 0 radical (unpaired) electrons. The van der Waals surface area contributed by atoms with E-state index in [4.69, 9.17) is 4.74 Å². The first-order chi connectivity index (χ1) is 13.1. The second-order valence-electron chi connectivity index (χ2n) is 7.14. The van der Waals surface area contributed by atoms with Crippen molar-refractivity contribution in [1.29, 1.82) is 0 Å². The zero-order valence-corrected chi connectivity index (χ0v) is 15.1. The van der Waals surface area contributed by atoms with E-state index in [1.165, 1.54) is 13.0 Å². The van der Waals surface area contributed by atoms with Crippen LogP contribution < -0.4 is 5.32 Å². The highest BCUT2D eigenvalue weighted by molar-refractivity contribution is 5.97. The monoisotopic (exact) mass is 399 g/mol. The number of aryl methyl sites for hydroxylation is 1. The number of halogens is 3. The summed E-state index contributed by atoms with van der Waals surface area (Å²) in [4.78, 5) is 28.9. The van der Waals surface area contributed by atoms with Crippen molar-refractivity contribution < 1.29 is 32.6 Å². The maximum atomic E-state index is 12.9. The Labute approximate surface area is 159 Å². The second kappa shape index (κ2) is 7.08. The van der Waals surface area contributed by atoms with Gasteiger partial charge in [0, 0.05) is 11.5 Å². The lowest BCUT2D eigenvalue weighted by molar-refractivity contribution is -0.141. The number of carbonyl (C=O) groups excluding carboxylic acids is 1. The molecule has 0 aromatic carbocycles. The summed E-state index contributed by atoms with van der Waals surface area (Å²) in [6.07, 6.45) is -3.50. The topological polar surface area (TPSA) is 91.8 Å². The van der Waals surface area contributed by atoms with Crippen LogP contribution in [0.25, 0.3) is 0 Å². The number of rotatable bonds is 6. The number of ether oxygens (including phenoxy) is 1. The van der Waals surface area contributed by atoms with E-state index in [1.54, 1.807) is 6.08 Å². The van der Waals surface area contributed by atoms with E-state index in [1.807, 2.05) is 0 Å². The van der Waals surface area contributed by atoms with Crippen molar-refractivity contribution in [3.63, 3.8) is 0 Å². The Bertz CT molecular complexity index is 814. The van der Waals surface area contributed by atoms with Gasteiger partial charge in [0.15, 0.2) is 0 Å². The number of carbonyl (C=O) groups is 2. The molecule has 1 aromatic rings. The quantitative estimate of drug-likeness (QED) is 0.567. The molecule has 3 rings (SSSR count). The number of hydrogen-bond acceptors (Lipinski definition) is 4. The molecule has 1 aliphatic heterocycles. The molecule has 2 amide bonds. The summed E-state index contributed by atoms with van der Waals surface area (Å²) in [5.74, 6) is -0.935. The summed E-state index contributed by atoms with van der Waals surface area (Å²) in [6.45, 7) is 5.66. The van der Waals surface area contributed by atoms with Gasteiger partial charge in [0.2, 0.25) is 5.91 Å². The first kappa shape index (κ1) is 20.1. The van der Waals surface area contributed by atoms with E-state index < -0.39 is 35.3 Å². The molecule has 1 aliphatic carbocycles. The number of pyridine rings is 1. The van der Waals surface area contributed by atoms with E-state index in [0.717, 1.165) is 11.0 Å². The van der Waals surface area contributed by atoms with Gasteiger partial charge in [-0.25, -0.2) is 9.78 Å². The van der Waals surface area contributed by atoms with Gasteiger partial charge in [0.1, 0.15) is 17.6 Å². The smallest absolute Gasteiger partial charge is 0.433 e. The fourth-order valence-corrected chi connectivity index (χ4v) is 3.70. The van der Waals surface area contributed by atoms with E-state index in [0.29, 0.717) is 18.6 Å². The molecule has 2 heterocycles. The minimum Gasteiger partial charge on any atom is -0.465 e. The second-order valence-corrected chi connectivity index (χ2v) is 7.14. The molecular formula is C18H20F3N3O4. The number of nitrogens with one attached hydrogen (secondary N) is 1. The summed E-state index contributed by atoms with van der Waals surface area (Å²) in [5, 5.41) is 11.9. The molecule has 152 valence electrons. The lowest BCUT2D eigenvalue weighted by Crippen LogP contribution is -2.45. The average molecular weight is 399 g/mol. The third kappa shape index (κ3) is 3.68. The number of likely N-dealkylation sites (tertiary alicyclic amines) is 1. The van der Waals surface area contributed by atoms with Crippen molar-refractivity contribution in [3.05, 3.63) is 36.0 Å². The summed E-state index contributed by atoms with van der Waals surface area (Å²) < 4.78 is 44.1. The molecule has 10 heteroatoms. The van der Waals surface area contributed by atoms with Crippen LogP contribution in [0, 0.1) is 12.3 Å². The van der Waals surface area contributed by atoms with Gasteiger partial charge in [0.25, 0.3) is 0 Å². The van der Waals surface area contributed by atoms with Gasteiger partial charge >= 0.3 is 12.3 Å². The van der Waals surface area contributed by atoms with E-state index in [-0.39, 0.29) is 24.9 Å². The van der Waals surface area contributed by atoms with Gasteiger partial charge < -0.3 is 15.2 Å². The molecule has 1 saturated heterocycles. The van der Waals surface area contributed by atoms with E-state index in [2.05, 4.69) is 16.9 Å². The van der Waals surface area contributed by atoms with Crippen LogP contribution in [0.5, 0.6) is 0 Å². The lowest BCUT2D eigenvalue weighted by Gasteiger charge is -2.24. The highest BCUT2D eigenvalue weighted by Crippen LogP contribution is 2.59. The first-order valence-electron chi connectivity index (χ1n) is 8.65. The van der Waals surface area contributed by atoms with Gasteiger partial charge in [0.05, 0.1) is 13.2 Å². The predicted molar refractivity (Wildman–Crippen MR) is 92.7 cm³/mol. The molecule has 1 aromatic heterocycles. The highest BCUT2D eigenvalue weighted by atomic mass is 19.4. The third-order valence-corrected chi connectivity index (χ3v) is 5.20. The molecule has 7 nitrogen and oxygen atoms in total. The maximum absolute atomic E-state index is 12.9. The van der Waals surface area contributed by atoms with Crippen LogP contribution in [-0.4, -0.2) is 52.3 Å². The van der Waals surface area contributed by atoms with Crippen LogP contribution in [-0.2, 0) is 15.7 Å². The number of fused-ring (bicyclic) bond motifs is 1. The van der Waals surface area contributed by atoms with Crippen LogP contribution in [0.4, 0.5) is 23.8 Å². The van der Waals surface area contributed by atoms with E-state index >= 15 is 0 Å². The maximum Gasteiger partial charge on any atom is 0.433 e. The normalized spacial score (nSPS) is 25.9. The van der Waals surface area contributed by atoms with Crippen molar-refractivity contribution in [1.82, 2.24) is 9.88 Å². The molecule has 0 bridgehead atoms. The van der Waals surface area contributed by atoms with Crippen molar-refractivity contribution in [3.8, 4) is 0 Å². The minimum absolute atomic E-state index is 0.234. The number of amides is 2. The van der Waals surface area contributed by atoms with Crippen molar-refractivity contribution in [2.24, 2.45) is 5.41 Å². The number of nitrogens with zero attached hydrogens (tertiary/aromatic N) is 2. The molecule has 2 fully saturated rings. The van der Waals surface area contributed by atoms with Crippen LogP contribution in [0.2, 0.25) is 0 Å². The SMILES string of the molecule is C=CCOC[C@@]12C[C@@H](C(=O)Nc3nc(C(F)(F)F)ccc3C)N(C(=O)O)[C@@H]1C2. The summed E-state index contributed by atoms with van der Waals surface area (Å²) in [7, 11) is 0. The average Bonchev–Trinajstić information content (AvgIpc) is 3.19. The zero-order chi connectivity index (χ0) is 20.7. The third-order valence-electron chi connectivity index (χ3n) is 5.20. The summed E-state index contributed by atoms with van der Waals surface area (Å²) >= 11 is 0. The summed E-state index contributed by atoms with van der Waals surface area (Å²) in [6, 6.07) is 0.669. The molecular weight excluding hydrogens is 379 g/mol. The Morgan fingerprint density at radius 2 is 2.18 bits per heavy atom. The minimum atomic E-state index is -4.65. The Hall–Kier alpha value is -2.62. The molecule has 1 saturated carbocycles. The Morgan fingerprint density at radius 3 is 2.79 bits per heavy atom. The number of piperidine rings is 1. The first-order valence-corrected chi connectivity index (χ1v) is 8.65. The largest absolute Gasteiger partial charge is 0.465 e.